The largest absolute Gasteiger partial charge is 0.0654 e. The summed E-state index contributed by atoms with van der Waals surface area (Å²) in [6.45, 7) is 9.23. The maximum atomic E-state index is 4.02. The summed E-state index contributed by atoms with van der Waals surface area (Å²) in [5, 5.41) is 0. The van der Waals surface area contributed by atoms with Gasteiger partial charge in [0.05, 0.1) is 0 Å². The quantitative estimate of drug-likeness (QED) is 0.0587. The summed E-state index contributed by atoms with van der Waals surface area (Å²) >= 11 is 8.04. The van der Waals surface area contributed by atoms with Crippen molar-refractivity contribution >= 4 is 31.9 Å². The zero-order valence-electron chi connectivity index (χ0n) is 34.2. The summed E-state index contributed by atoms with van der Waals surface area (Å²) in [6, 6.07) is 19.8. The predicted molar refractivity (Wildman–Crippen MR) is 241 cm³/mol. The van der Waals surface area contributed by atoms with Crippen LogP contribution in [0.1, 0.15) is 204 Å². The summed E-state index contributed by atoms with van der Waals surface area (Å²) in [6.07, 6.45) is 36.9. The Labute approximate surface area is 339 Å². The van der Waals surface area contributed by atoms with Gasteiger partial charge >= 0.3 is 0 Å². The van der Waals surface area contributed by atoms with Crippen molar-refractivity contribution in [1.29, 1.82) is 0 Å². The van der Waals surface area contributed by atoms with Crippen LogP contribution in [0.5, 0.6) is 0 Å². The molecule has 0 saturated carbocycles. The molecule has 0 aliphatic carbocycles. The molecule has 0 heterocycles. The Bertz CT molecular complexity index is 1250. The molecule has 0 N–H and O–H groups in total. The molecule has 0 bridgehead atoms. The molecule has 0 unspecified atom stereocenters. The van der Waals surface area contributed by atoms with Crippen LogP contribution in [0.4, 0.5) is 0 Å². The number of aryl methyl sites for hydroxylation is 4. The van der Waals surface area contributed by atoms with E-state index in [9.17, 15) is 0 Å². The van der Waals surface area contributed by atoms with Crippen molar-refractivity contribution in [3.8, 4) is 22.3 Å². The van der Waals surface area contributed by atoms with Crippen molar-refractivity contribution < 1.29 is 0 Å². The van der Waals surface area contributed by atoms with Gasteiger partial charge in [-0.15, -0.1) is 0 Å². The molecule has 290 valence electrons. The average molecular weight is 837 g/mol. The standard InChI is InChI=1S/C50H76Br2/c1-5-9-13-17-21-25-29-43-39-49(51)45(31-27-23-19-15-11-7-3)37-47(43)41-33-35-42(36-34-41)48-38-46(32-28-24-20-16-12-8-4)50(52)40-44(48)30-26-22-18-14-10-6-2/h33-40H,5-32H2,1-4H3. The van der Waals surface area contributed by atoms with Crippen LogP contribution in [0, 0.1) is 0 Å². The zero-order chi connectivity index (χ0) is 37.2. The van der Waals surface area contributed by atoms with Crippen LogP contribution in [0.25, 0.3) is 22.3 Å². The van der Waals surface area contributed by atoms with E-state index < -0.39 is 0 Å². The second kappa shape index (κ2) is 28.1. The van der Waals surface area contributed by atoms with Crippen molar-refractivity contribution in [3.63, 3.8) is 0 Å². The minimum atomic E-state index is 1.16. The molecule has 3 rings (SSSR count). The van der Waals surface area contributed by atoms with Gasteiger partial charge in [0, 0.05) is 8.95 Å². The van der Waals surface area contributed by atoms with E-state index in [0.717, 1.165) is 25.7 Å². The fraction of sp³-hybridized carbons (Fsp3) is 0.640. The lowest BCUT2D eigenvalue weighted by Crippen LogP contribution is -1.98. The SMILES string of the molecule is CCCCCCCCc1cc(-c2ccc(-c3cc(CCCCCCCC)c(Br)cc3CCCCCCCC)cc2)c(CCCCCCCC)cc1Br. The van der Waals surface area contributed by atoms with E-state index in [2.05, 4.69) is 108 Å². The van der Waals surface area contributed by atoms with Crippen molar-refractivity contribution in [1.82, 2.24) is 0 Å². The average Bonchev–Trinajstić information content (AvgIpc) is 3.15. The van der Waals surface area contributed by atoms with E-state index >= 15 is 0 Å². The predicted octanol–water partition coefficient (Wildman–Crippen LogP) is 18.2. The minimum Gasteiger partial charge on any atom is -0.0654 e. The molecule has 2 heteroatoms. The number of hydrogen-bond acceptors (Lipinski definition) is 0. The molecule has 0 aliphatic heterocycles. The normalized spacial score (nSPS) is 11.5. The number of halogens is 2. The van der Waals surface area contributed by atoms with Gasteiger partial charge in [-0.25, -0.2) is 0 Å². The van der Waals surface area contributed by atoms with Crippen LogP contribution in [0.3, 0.4) is 0 Å². The van der Waals surface area contributed by atoms with Crippen LogP contribution in [-0.2, 0) is 25.7 Å². The Balaban J connectivity index is 1.86. The molecule has 3 aromatic carbocycles. The van der Waals surface area contributed by atoms with Crippen LogP contribution in [0.2, 0.25) is 0 Å². The van der Waals surface area contributed by atoms with Gasteiger partial charge in [-0.3, -0.25) is 0 Å². The molecule has 0 spiro atoms. The number of hydrogen-bond donors (Lipinski definition) is 0. The summed E-state index contributed by atoms with van der Waals surface area (Å²) in [5.41, 5.74) is 11.6. The second-order valence-corrected chi connectivity index (χ2v) is 17.6. The van der Waals surface area contributed by atoms with Gasteiger partial charge in [-0.05, 0) is 120 Å². The maximum Gasteiger partial charge on any atom is 0.0210 e. The molecular formula is C50H76Br2. The van der Waals surface area contributed by atoms with Crippen LogP contribution in [0.15, 0.2) is 57.5 Å². The minimum absolute atomic E-state index is 1.16. The van der Waals surface area contributed by atoms with E-state index in [1.165, 1.54) is 208 Å². The Morgan fingerprint density at radius 1 is 0.308 bits per heavy atom. The molecule has 0 amide bonds. The lowest BCUT2D eigenvalue weighted by molar-refractivity contribution is 0.605. The lowest BCUT2D eigenvalue weighted by Gasteiger charge is -2.17. The third kappa shape index (κ3) is 17.0. The van der Waals surface area contributed by atoms with Crippen molar-refractivity contribution in [3.05, 3.63) is 79.7 Å². The highest BCUT2D eigenvalue weighted by Gasteiger charge is 2.14. The van der Waals surface area contributed by atoms with Crippen molar-refractivity contribution in [2.75, 3.05) is 0 Å². The van der Waals surface area contributed by atoms with E-state index in [1.54, 1.807) is 0 Å². The van der Waals surface area contributed by atoms with E-state index in [-0.39, 0.29) is 0 Å². The Kier molecular flexibility index (Phi) is 24.3. The van der Waals surface area contributed by atoms with Crippen LogP contribution >= 0.6 is 31.9 Å². The molecule has 0 nitrogen and oxygen atoms in total. The highest BCUT2D eigenvalue weighted by Crippen LogP contribution is 2.36. The molecule has 0 radical (unpaired) electrons. The summed E-state index contributed by atoms with van der Waals surface area (Å²) in [4.78, 5) is 0. The first-order valence-electron chi connectivity index (χ1n) is 22.3. The Morgan fingerprint density at radius 3 is 0.846 bits per heavy atom. The summed E-state index contributed by atoms with van der Waals surface area (Å²) in [7, 11) is 0. The first-order valence-corrected chi connectivity index (χ1v) is 23.8. The fourth-order valence-corrected chi connectivity index (χ4v) is 9.04. The van der Waals surface area contributed by atoms with Gasteiger partial charge in [0.15, 0.2) is 0 Å². The van der Waals surface area contributed by atoms with E-state index in [1.807, 2.05) is 0 Å². The molecular weight excluding hydrogens is 760 g/mol. The smallest absolute Gasteiger partial charge is 0.0210 e. The number of benzene rings is 3. The zero-order valence-corrected chi connectivity index (χ0v) is 37.3. The molecule has 52 heavy (non-hydrogen) atoms. The van der Waals surface area contributed by atoms with Crippen molar-refractivity contribution in [2.45, 2.75) is 207 Å². The number of rotatable bonds is 30. The summed E-state index contributed by atoms with van der Waals surface area (Å²) < 4.78 is 2.63. The summed E-state index contributed by atoms with van der Waals surface area (Å²) in [5.74, 6) is 0. The molecule has 0 aliphatic rings. The first-order chi connectivity index (χ1) is 25.5. The van der Waals surface area contributed by atoms with Crippen LogP contribution in [-0.4, -0.2) is 0 Å². The maximum absolute atomic E-state index is 4.02. The molecule has 3 aromatic rings. The van der Waals surface area contributed by atoms with Gasteiger partial charge in [-0.2, -0.15) is 0 Å². The van der Waals surface area contributed by atoms with Crippen LogP contribution < -0.4 is 0 Å². The monoisotopic (exact) mass is 834 g/mol. The van der Waals surface area contributed by atoms with Gasteiger partial charge in [0.25, 0.3) is 0 Å². The highest BCUT2D eigenvalue weighted by molar-refractivity contribution is 9.10. The Morgan fingerprint density at radius 2 is 0.558 bits per heavy atom. The second-order valence-electron chi connectivity index (χ2n) is 15.8. The topological polar surface area (TPSA) is 0 Å². The third-order valence-corrected chi connectivity index (χ3v) is 12.7. The highest BCUT2D eigenvalue weighted by atomic mass is 79.9. The fourth-order valence-electron chi connectivity index (χ4n) is 7.87. The Hall–Kier alpha value is -1.38. The molecule has 0 aromatic heterocycles. The number of unbranched alkanes of at least 4 members (excludes halogenated alkanes) is 20. The van der Waals surface area contributed by atoms with Gasteiger partial charge in [-0.1, -0.05) is 212 Å². The molecule has 0 fully saturated rings. The van der Waals surface area contributed by atoms with Gasteiger partial charge in [0.2, 0.25) is 0 Å². The first kappa shape index (κ1) is 45.0. The van der Waals surface area contributed by atoms with Gasteiger partial charge < -0.3 is 0 Å². The molecule has 0 saturated heterocycles. The van der Waals surface area contributed by atoms with Gasteiger partial charge in [0.1, 0.15) is 0 Å². The van der Waals surface area contributed by atoms with Crippen molar-refractivity contribution in [2.24, 2.45) is 0 Å². The van der Waals surface area contributed by atoms with E-state index in [4.69, 9.17) is 0 Å². The third-order valence-electron chi connectivity index (χ3n) is 11.3. The lowest BCUT2D eigenvalue weighted by atomic mass is 9.89. The van der Waals surface area contributed by atoms with E-state index in [0.29, 0.717) is 0 Å². The molecule has 0 atom stereocenters.